The van der Waals surface area contributed by atoms with Gasteiger partial charge >= 0.3 is 0 Å². The van der Waals surface area contributed by atoms with Crippen molar-refractivity contribution >= 4 is 33.6 Å². The summed E-state index contributed by atoms with van der Waals surface area (Å²) in [5, 5.41) is 2.85. The van der Waals surface area contributed by atoms with Crippen molar-refractivity contribution in [1.29, 1.82) is 0 Å². The van der Waals surface area contributed by atoms with Gasteiger partial charge in [0.1, 0.15) is 5.75 Å². The number of halogens is 1. The normalized spacial score (nSPS) is 10.7. The average Bonchev–Trinajstić information content (AvgIpc) is 2.54. The van der Waals surface area contributed by atoms with Gasteiger partial charge in [-0.15, -0.1) is 0 Å². The molecule has 0 aromatic heterocycles. The summed E-state index contributed by atoms with van der Waals surface area (Å²) in [6.45, 7) is 4.79. The van der Waals surface area contributed by atoms with E-state index in [0.717, 1.165) is 33.5 Å². The highest BCUT2D eigenvalue weighted by molar-refractivity contribution is 9.10. The van der Waals surface area contributed by atoms with Gasteiger partial charge in [0, 0.05) is 10.5 Å². The van der Waals surface area contributed by atoms with Gasteiger partial charge in [0.15, 0.2) is 0 Å². The van der Waals surface area contributed by atoms with Crippen LogP contribution in [0.15, 0.2) is 53.0 Å². The molecule has 0 aliphatic heterocycles. The topological polar surface area (TPSA) is 38.3 Å². The van der Waals surface area contributed by atoms with Crippen molar-refractivity contribution in [3.05, 3.63) is 64.1 Å². The second kappa shape index (κ2) is 8.53. The van der Waals surface area contributed by atoms with Crippen molar-refractivity contribution in [2.24, 2.45) is 0 Å². The molecule has 0 atom stereocenters. The van der Waals surface area contributed by atoms with Crippen LogP contribution < -0.4 is 10.1 Å². The average molecular weight is 374 g/mol. The summed E-state index contributed by atoms with van der Waals surface area (Å²) >= 11 is 3.45. The number of rotatable bonds is 6. The van der Waals surface area contributed by atoms with E-state index >= 15 is 0 Å². The Morgan fingerprint density at radius 1 is 1.22 bits per heavy atom. The van der Waals surface area contributed by atoms with Crippen molar-refractivity contribution in [2.75, 3.05) is 11.9 Å². The molecule has 1 N–H and O–H groups in total. The first kappa shape index (κ1) is 17.3. The van der Waals surface area contributed by atoms with Crippen LogP contribution in [-0.4, -0.2) is 12.5 Å². The summed E-state index contributed by atoms with van der Waals surface area (Å²) in [6.07, 6.45) is 4.28. The molecule has 0 heterocycles. The maximum absolute atomic E-state index is 12.0. The van der Waals surface area contributed by atoms with Gasteiger partial charge in [-0.2, -0.15) is 0 Å². The molecule has 0 bridgehead atoms. The van der Waals surface area contributed by atoms with Crippen LogP contribution in [0, 0.1) is 6.92 Å². The first-order valence-corrected chi connectivity index (χ1v) is 8.36. The fourth-order valence-corrected chi connectivity index (χ4v) is 2.56. The Morgan fingerprint density at radius 2 is 1.96 bits per heavy atom. The number of anilines is 1. The van der Waals surface area contributed by atoms with Crippen LogP contribution in [0.5, 0.6) is 5.75 Å². The van der Waals surface area contributed by atoms with Gasteiger partial charge in [0.25, 0.3) is 0 Å². The van der Waals surface area contributed by atoms with E-state index in [1.54, 1.807) is 6.08 Å². The molecule has 0 radical (unpaired) electrons. The molecule has 23 heavy (non-hydrogen) atoms. The highest BCUT2D eigenvalue weighted by atomic mass is 79.9. The molecule has 120 valence electrons. The van der Waals surface area contributed by atoms with Gasteiger partial charge in [0.2, 0.25) is 5.91 Å². The summed E-state index contributed by atoms with van der Waals surface area (Å²) in [5.74, 6) is 0.679. The van der Waals surface area contributed by atoms with Crippen LogP contribution in [0.3, 0.4) is 0 Å². The lowest BCUT2D eigenvalue weighted by atomic mass is 10.2. The lowest BCUT2D eigenvalue weighted by Crippen LogP contribution is -2.08. The fraction of sp³-hybridized carbons (Fsp3) is 0.211. The Morgan fingerprint density at radius 3 is 2.61 bits per heavy atom. The highest BCUT2D eigenvalue weighted by Gasteiger charge is 2.02. The molecule has 0 unspecified atom stereocenters. The van der Waals surface area contributed by atoms with Crippen molar-refractivity contribution in [1.82, 2.24) is 0 Å². The van der Waals surface area contributed by atoms with E-state index in [-0.39, 0.29) is 5.91 Å². The zero-order chi connectivity index (χ0) is 16.7. The zero-order valence-corrected chi connectivity index (χ0v) is 14.9. The number of benzene rings is 2. The van der Waals surface area contributed by atoms with Crippen molar-refractivity contribution < 1.29 is 9.53 Å². The molecule has 2 rings (SSSR count). The fourth-order valence-electron chi connectivity index (χ4n) is 1.96. The predicted octanol–water partition coefficient (Wildman–Crippen LogP) is 5.20. The minimum atomic E-state index is -0.166. The third kappa shape index (κ3) is 5.57. The molecule has 0 aliphatic carbocycles. The maximum Gasteiger partial charge on any atom is 0.248 e. The molecule has 2 aromatic carbocycles. The molecule has 0 aliphatic rings. The summed E-state index contributed by atoms with van der Waals surface area (Å²) in [6, 6.07) is 13.5. The van der Waals surface area contributed by atoms with Crippen LogP contribution in [0.4, 0.5) is 5.69 Å². The van der Waals surface area contributed by atoms with E-state index in [9.17, 15) is 4.79 Å². The molecule has 0 saturated heterocycles. The van der Waals surface area contributed by atoms with E-state index in [4.69, 9.17) is 4.74 Å². The Hall–Kier alpha value is -2.07. The number of hydrogen-bond acceptors (Lipinski definition) is 2. The zero-order valence-electron chi connectivity index (χ0n) is 13.3. The molecule has 0 fully saturated rings. The van der Waals surface area contributed by atoms with Gasteiger partial charge in [-0.25, -0.2) is 0 Å². The summed E-state index contributed by atoms with van der Waals surface area (Å²) in [5.41, 5.74) is 2.84. The van der Waals surface area contributed by atoms with E-state index in [0.29, 0.717) is 6.61 Å². The van der Waals surface area contributed by atoms with Gasteiger partial charge in [-0.1, -0.05) is 25.1 Å². The molecular formula is C19H20BrNO2. The number of carbonyl (C=O) groups is 1. The van der Waals surface area contributed by atoms with Crippen LogP contribution in [0.1, 0.15) is 24.5 Å². The van der Waals surface area contributed by atoms with Gasteiger partial charge in [-0.3, -0.25) is 4.79 Å². The Balaban J connectivity index is 1.95. The summed E-state index contributed by atoms with van der Waals surface area (Å²) in [4.78, 5) is 12.0. The minimum absolute atomic E-state index is 0.166. The maximum atomic E-state index is 12.0. The summed E-state index contributed by atoms with van der Waals surface area (Å²) < 4.78 is 6.40. The monoisotopic (exact) mass is 373 g/mol. The summed E-state index contributed by atoms with van der Waals surface area (Å²) in [7, 11) is 0. The lowest BCUT2D eigenvalue weighted by Gasteiger charge is -2.06. The number of hydrogen-bond donors (Lipinski definition) is 1. The van der Waals surface area contributed by atoms with Crippen LogP contribution in [-0.2, 0) is 4.79 Å². The molecule has 0 spiro atoms. The third-order valence-electron chi connectivity index (χ3n) is 3.16. The van der Waals surface area contributed by atoms with Crippen LogP contribution in [0.25, 0.3) is 6.08 Å². The molecular weight excluding hydrogens is 354 g/mol. The van der Waals surface area contributed by atoms with E-state index < -0.39 is 0 Å². The second-order valence-electron chi connectivity index (χ2n) is 5.22. The molecule has 3 nitrogen and oxygen atoms in total. The standard InChI is InChI=1S/C19H20BrNO2/c1-3-12-23-16-8-5-15(6-9-16)7-11-19(22)21-18-10-4-14(2)13-17(18)20/h4-11,13H,3,12H2,1-2H3,(H,21,22)/b11-7+. The largest absolute Gasteiger partial charge is 0.494 e. The number of amides is 1. The molecule has 0 saturated carbocycles. The molecule has 4 heteroatoms. The van der Waals surface area contributed by atoms with E-state index in [2.05, 4.69) is 28.2 Å². The highest BCUT2D eigenvalue weighted by Crippen LogP contribution is 2.23. The first-order valence-electron chi connectivity index (χ1n) is 7.56. The number of nitrogens with one attached hydrogen (secondary N) is 1. The second-order valence-corrected chi connectivity index (χ2v) is 6.08. The molecule has 1 amide bonds. The predicted molar refractivity (Wildman–Crippen MR) is 98.8 cm³/mol. The minimum Gasteiger partial charge on any atom is -0.494 e. The van der Waals surface area contributed by atoms with E-state index in [1.165, 1.54) is 6.08 Å². The van der Waals surface area contributed by atoms with Crippen molar-refractivity contribution in [3.8, 4) is 5.75 Å². The van der Waals surface area contributed by atoms with E-state index in [1.807, 2.05) is 49.4 Å². The van der Waals surface area contributed by atoms with Crippen LogP contribution >= 0.6 is 15.9 Å². The molecule has 2 aromatic rings. The lowest BCUT2D eigenvalue weighted by molar-refractivity contribution is -0.111. The van der Waals surface area contributed by atoms with Crippen LogP contribution in [0.2, 0.25) is 0 Å². The number of aryl methyl sites for hydroxylation is 1. The Kier molecular flexibility index (Phi) is 6.41. The van der Waals surface area contributed by atoms with Gasteiger partial charge in [0.05, 0.1) is 12.3 Å². The smallest absolute Gasteiger partial charge is 0.248 e. The number of carbonyl (C=O) groups excluding carboxylic acids is 1. The SMILES string of the molecule is CCCOc1ccc(/C=C/C(=O)Nc2ccc(C)cc2Br)cc1. The Labute approximate surface area is 145 Å². The Bertz CT molecular complexity index is 693. The first-order chi connectivity index (χ1) is 11.1. The van der Waals surface area contributed by atoms with Gasteiger partial charge in [-0.05, 0) is 70.7 Å². The van der Waals surface area contributed by atoms with Gasteiger partial charge < -0.3 is 10.1 Å². The number of ether oxygens (including phenoxy) is 1. The third-order valence-corrected chi connectivity index (χ3v) is 3.82. The van der Waals surface area contributed by atoms with Crippen molar-refractivity contribution in [3.63, 3.8) is 0 Å². The van der Waals surface area contributed by atoms with Crippen molar-refractivity contribution in [2.45, 2.75) is 20.3 Å². The quantitative estimate of drug-likeness (QED) is 0.706.